The first-order valence-electron chi connectivity index (χ1n) is 13.9. The van der Waals surface area contributed by atoms with Crippen molar-refractivity contribution in [2.24, 2.45) is 0 Å². The van der Waals surface area contributed by atoms with Crippen LogP contribution in [0.3, 0.4) is 0 Å². The van der Waals surface area contributed by atoms with Gasteiger partial charge in [0.1, 0.15) is 17.1 Å². The summed E-state index contributed by atoms with van der Waals surface area (Å²) < 4.78 is 7.41. The number of aromatic amines is 1. The Kier molecular flexibility index (Phi) is 9.97. The average Bonchev–Trinajstić information content (AvgIpc) is 3.62. The van der Waals surface area contributed by atoms with Crippen LogP contribution in [0.15, 0.2) is 48.5 Å². The van der Waals surface area contributed by atoms with Crippen molar-refractivity contribution >= 4 is 5.97 Å². The summed E-state index contributed by atoms with van der Waals surface area (Å²) in [5.41, 5.74) is 2.83. The second kappa shape index (κ2) is 13.8. The van der Waals surface area contributed by atoms with Crippen LogP contribution in [-0.4, -0.2) is 59.6 Å². The van der Waals surface area contributed by atoms with Crippen LogP contribution < -0.4 is 0 Å². The van der Waals surface area contributed by atoms with Crippen molar-refractivity contribution in [3.8, 4) is 22.5 Å². The number of nitrogens with zero attached hydrogens (tertiary/aromatic N) is 6. The molecule has 0 radical (unpaired) electrons. The topological polar surface area (TPSA) is 171 Å². The van der Waals surface area contributed by atoms with Gasteiger partial charge in [0.25, 0.3) is 5.09 Å². The maximum Gasteiger partial charge on any atom is 0.357 e. The molecule has 222 valence electrons. The number of aliphatic hydroxyl groups is 1. The Morgan fingerprint density at radius 3 is 2.43 bits per heavy atom. The number of hydrogen-bond donors (Lipinski definition) is 2. The van der Waals surface area contributed by atoms with Crippen molar-refractivity contribution in [1.82, 2.24) is 30.2 Å². The highest BCUT2D eigenvalue weighted by atomic mass is 16.9. The molecule has 0 aliphatic heterocycles. The van der Waals surface area contributed by atoms with Crippen molar-refractivity contribution in [2.75, 3.05) is 13.2 Å². The SMILES string of the molecule is CCCc1nc(C(C)(C)O)c(C(=O)OCCCCCO[N+](=O)[O-])n1Cc1ccc(-c2ccccc2-c2nn[nH]n2)cc1. The molecule has 0 fully saturated rings. The van der Waals surface area contributed by atoms with E-state index in [1.54, 1.807) is 13.8 Å². The zero-order valence-corrected chi connectivity index (χ0v) is 23.9. The van der Waals surface area contributed by atoms with E-state index in [1.165, 1.54) is 0 Å². The van der Waals surface area contributed by atoms with Crippen LogP contribution in [0.1, 0.15) is 74.0 Å². The van der Waals surface area contributed by atoms with E-state index in [2.05, 4.69) is 30.4 Å². The minimum Gasteiger partial charge on any atom is -0.461 e. The molecule has 2 aromatic carbocycles. The normalized spacial score (nSPS) is 11.4. The van der Waals surface area contributed by atoms with Gasteiger partial charge in [-0.15, -0.1) is 20.3 Å². The van der Waals surface area contributed by atoms with Crippen LogP contribution in [0.2, 0.25) is 0 Å². The number of tetrazole rings is 1. The Labute approximate surface area is 243 Å². The van der Waals surface area contributed by atoms with E-state index in [9.17, 15) is 20.0 Å². The van der Waals surface area contributed by atoms with E-state index in [1.807, 2.05) is 60.0 Å². The smallest absolute Gasteiger partial charge is 0.357 e. The summed E-state index contributed by atoms with van der Waals surface area (Å²) >= 11 is 0. The van der Waals surface area contributed by atoms with E-state index in [-0.39, 0.29) is 24.6 Å². The fraction of sp³-hybridized carbons (Fsp3) is 0.414. The summed E-state index contributed by atoms with van der Waals surface area (Å²) in [4.78, 5) is 32.7. The molecule has 13 heteroatoms. The quantitative estimate of drug-likeness (QED) is 0.0887. The van der Waals surface area contributed by atoms with Crippen molar-refractivity contribution in [3.05, 3.63) is 81.4 Å². The van der Waals surface area contributed by atoms with Gasteiger partial charge in [0.15, 0.2) is 5.69 Å². The van der Waals surface area contributed by atoms with Gasteiger partial charge in [-0.25, -0.2) is 9.78 Å². The molecule has 2 N–H and O–H groups in total. The van der Waals surface area contributed by atoms with Crippen molar-refractivity contribution in [3.63, 3.8) is 0 Å². The van der Waals surface area contributed by atoms with Gasteiger partial charge in [-0.2, -0.15) is 5.21 Å². The molecule has 13 nitrogen and oxygen atoms in total. The predicted octanol–water partition coefficient (Wildman–Crippen LogP) is 4.49. The lowest BCUT2D eigenvalue weighted by Gasteiger charge is -2.18. The second-order valence-electron chi connectivity index (χ2n) is 10.4. The minimum absolute atomic E-state index is 0.00156. The zero-order valence-electron chi connectivity index (χ0n) is 23.9. The van der Waals surface area contributed by atoms with Crippen molar-refractivity contribution in [2.45, 2.75) is 65.0 Å². The van der Waals surface area contributed by atoms with Crippen LogP contribution in [0, 0.1) is 10.1 Å². The van der Waals surface area contributed by atoms with Gasteiger partial charge in [-0.1, -0.05) is 55.5 Å². The van der Waals surface area contributed by atoms with Crippen LogP contribution in [-0.2, 0) is 28.1 Å². The first-order valence-corrected chi connectivity index (χ1v) is 13.9. The van der Waals surface area contributed by atoms with Crippen LogP contribution >= 0.6 is 0 Å². The highest BCUT2D eigenvalue weighted by Gasteiger charge is 2.32. The maximum absolute atomic E-state index is 13.4. The summed E-state index contributed by atoms with van der Waals surface area (Å²) in [6, 6.07) is 15.8. The van der Waals surface area contributed by atoms with E-state index in [0.717, 1.165) is 28.7 Å². The Hall–Kier alpha value is -4.65. The standard InChI is InChI=1S/C29H35N7O6/c1-4-10-24-30-26(29(2,3)38)25(28(37)41-17-8-5-9-18-42-36(39)40)35(24)19-20-13-15-21(16-14-20)22-11-6-7-12-23(22)27-31-33-34-32-27/h6-7,11-16,38H,4-5,8-10,17-19H2,1-3H3,(H,31,32,33,34). The number of rotatable bonds is 15. The lowest BCUT2D eigenvalue weighted by molar-refractivity contribution is -0.757. The Morgan fingerprint density at radius 2 is 1.79 bits per heavy atom. The molecule has 0 saturated heterocycles. The highest BCUT2D eigenvalue weighted by molar-refractivity contribution is 5.89. The van der Waals surface area contributed by atoms with Gasteiger partial charge in [0.05, 0.1) is 13.2 Å². The number of unbranched alkanes of at least 4 members (excludes halogenated alkanes) is 2. The van der Waals surface area contributed by atoms with Crippen LogP contribution in [0.4, 0.5) is 0 Å². The van der Waals surface area contributed by atoms with Gasteiger partial charge in [-0.05, 0) is 61.4 Å². The molecule has 0 aliphatic carbocycles. The summed E-state index contributed by atoms with van der Waals surface area (Å²) in [6.07, 6.45) is 3.01. The van der Waals surface area contributed by atoms with E-state index in [0.29, 0.717) is 43.9 Å². The highest BCUT2D eigenvalue weighted by Crippen LogP contribution is 2.31. The third-order valence-electron chi connectivity index (χ3n) is 6.63. The van der Waals surface area contributed by atoms with Crippen molar-refractivity contribution < 1.29 is 24.6 Å². The fourth-order valence-electron chi connectivity index (χ4n) is 4.65. The third kappa shape index (κ3) is 7.55. The molecular formula is C29H35N7O6. The Balaban J connectivity index is 1.56. The predicted molar refractivity (Wildman–Crippen MR) is 153 cm³/mol. The average molecular weight is 578 g/mol. The van der Waals surface area contributed by atoms with E-state index < -0.39 is 16.7 Å². The van der Waals surface area contributed by atoms with Gasteiger partial charge in [0, 0.05) is 18.5 Å². The van der Waals surface area contributed by atoms with Crippen LogP contribution in [0.5, 0.6) is 0 Å². The monoisotopic (exact) mass is 577 g/mol. The first-order chi connectivity index (χ1) is 20.2. The molecule has 0 bridgehead atoms. The summed E-state index contributed by atoms with van der Waals surface area (Å²) in [7, 11) is 0. The lowest BCUT2D eigenvalue weighted by atomic mass is 9.98. The molecule has 4 rings (SSSR count). The molecule has 2 aromatic heterocycles. The second-order valence-corrected chi connectivity index (χ2v) is 10.4. The maximum atomic E-state index is 13.4. The number of H-pyrrole nitrogens is 1. The molecule has 0 atom stereocenters. The fourth-order valence-corrected chi connectivity index (χ4v) is 4.65. The number of imidazole rings is 1. The molecule has 0 saturated carbocycles. The molecule has 2 heterocycles. The van der Waals surface area contributed by atoms with Gasteiger partial charge >= 0.3 is 5.97 Å². The number of hydrogen-bond acceptors (Lipinski definition) is 10. The Morgan fingerprint density at radius 1 is 1.07 bits per heavy atom. The largest absolute Gasteiger partial charge is 0.461 e. The minimum atomic E-state index is -1.37. The van der Waals surface area contributed by atoms with Crippen molar-refractivity contribution in [1.29, 1.82) is 0 Å². The molecular weight excluding hydrogens is 542 g/mol. The number of benzene rings is 2. The molecule has 0 unspecified atom stereocenters. The van der Waals surface area contributed by atoms with E-state index >= 15 is 0 Å². The number of ether oxygens (including phenoxy) is 1. The number of nitrogens with one attached hydrogen (secondary N) is 1. The number of carbonyl (C=O) groups is 1. The number of aryl methyl sites for hydroxylation is 1. The van der Waals surface area contributed by atoms with Gasteiger partial charge in [0.2, 0.25) is 5.82 Å². The first kappa shape index (κ1) is 30.3. The zero-order chi connectivity index (χ0) is 30.1. The number of carbonyl (C=O) groups excluding carboxylic acids is 1. The Bertz CT molecular complexity index is 1480. The summed E-state index contributed by atoms with van der Waals surface area (Å²) in [5, 5.41) is 34.7. The summed E-state index contributed by atoms with van der Waals surface area (Å²) in [6.45, 7) is 5.70. The lowest BCUT2D eigenvalue weighted by Crippen LogP contribution is -2.23. The molecule has 42 heavy (non-hydrogen) atoms. The third-order valence-corrected chi connectivity index (χ3v) is 6.63. The van der Waals surface area contributed by atoms with Crippen LogP contribution in [0.25, 0.3) is 22.5 Å². The van der Waals surface area contributed by atoms with E-state index in [4.69, 9.17) is 4.74 Å². The molecule has 0 spiro atoms. The summed E-state index contributed by atoms with van der Waals surface area (Å²) in [5.74, 6) is 0.615. The molecule has 0 amide bonds. The molecule has 0 aliphatic rings. The van der Waals surface area contributed by atoms with Gasteiger partial charge in [-0.3, -0.25) is 0 Å². The number of esters is 1. The van der Waals surface area contributed by atoms with Gasteiger partial charge < -0.3 is 19.2 Å². The molecule has 4 aromatic rings. The number of aromatic nitrogens is 6.